The zero-order chi connectivity index (χ0) is 28.1. The molecule has 0 aliphatic rings. The number of thioether (sulfide) groups is 1. The molecular formula is C28H26N6O4S2. The topological polar surface area (TPSA) is 136 Å². The number of nitrogens with two attached hydrogens (primary N) is 1. The number of hydrogen-bond acceptors (Lipinski definition) is 9. The molecule has 0 atom stereocenters. The van der Waals surface area contributed by atoms with Crippen molar-refractivity contribution >= 4 is 50.7 Å². The van der Waals surface area contributed by atoms with Gasteiger partial charge in [0.1, 0.15) is 22.0 Å². The Balaban J connectivity index is 1.46. The summed E-state index contributed by atoms with van der Waals surface area (Å²) in [6, 6.07) is 19.1. The standard InChI is InChI=1S/C28H26N6O4S2/c1-38-13-12-33(23-24(29)34(28(37)32-25(23)36)14-18-8-4-2-5-9-18)21(35)16-40-27-22-20(19-10-6-3-7-11-19)15-39-26(22)30-17-31-27/h2-11,15,17H,12-14,16,29H2,1H3,(H,32,36,37). The van der Waals surface area contributed by atoms with Gasteiger partial charge in [-0.25, -0.2) is 14.8 Å². The number of ether oxygens (including phenoxy) is 1. The highest BCUT2D eigenvalue weighted by atomic mass is 32.2. The number of nitrogens with zero attached hydrogens (tertiary/aromatic N) is 4. The van der Waals surface area contributed by atoms with E-state index >= 15 is 0 Å². The van der Waals surface area contributed by atoms with E-state index in [0.717, 1.165) is 26.9 Å². The highest BCUT2D eigenvalue weighted by Gasteiger charge is 2.25. The second-order valence-corrected chi connectivity index (χ2v) is 10.6. The van der Waals surface area contributed by atoms with Crippen molar-refractivity contribution in [1.82, 2.24) is 19.5 Å². The summed E-state index contributed by atoms with van der Waals surface area (Å²) < 4.78 is 6.45. The van der Waals surface area contributed by atoms with Crippen LogP contribution in [0.2, 0.25) is 0 Å². The van der Waals surface area contributed by atoms with Gasteiger partial charge in [-0.3, -0.25) is 19.1 Å². The van der Waals surface area contributed by atoms with Gasteiger partial charge in [0.15, 0.2) is 5.69 Å². The fourth-order valence-corrected chi connectivity index (χ4v) is 6.17. The monoisotopic (exact) mass is 574 g/mol. The van der Waals surface area contributed by atoms with Crippen molar-refractivity contribution in [3.05, 3.63) is 98.8 Å². The lowest BCUT2D eigenvalue weighted by Crippen LogP contribution is -2.43. The number of benzene rings is 2. The molecule has 10 nitrogen and oxygen atoms in total. The first-order chi connectivity index (χ1) is 19.5. The summed E-state index contributed by atoms with van der Waals surface area (Å²) in [4.78, 5) is 52.5. The van der Waals surface area contributed by atoms with Crippen LogP contribution >= 0.6 is 23.1 Å². The number of anilines is 2. The number of rotatable bonds is 10. The van der Waals surface area contributed by atoms with E-state index in [1.165, 1.54) is 46.0 Å². The van der Waals surface area contributed by atoms with Crippen molar-refractivity contribution < 1.29 is 9.53 Å². The van der Waals surface area contributed by atoms with Gasteiger partial charge < -0.3 is 15.4 Å². The summed E-state index contributed by atoms with van der Waals surface area (Å²) in [7, 11) is 1.50. The lowest BCUT2D eigenvalue weighted by molar-refractivity contribution is -0.116. The summed E-state index contributed by atoms with van der Waals surface area (Å²) in [5.41, 5.74) is 7.72. The van der Waals surface area contributed by atoms with Crippen molar-refractivity contribution in [1.29, 1.82) is 0 Å². The maximum atomic E-state index is 13.6. The first-order valence-corrected chi connectivity index (χ1v) is 14.2. The smallest absolute Gasteiger partial charge is 0.330 e. The van der Waals surface area contributed by atoms with Gasteiger partial charge in [-0.2, -0.15) is 0 Å². The molecule has 0 saturated heterocycles. The molecule has 5 rings (SSSR count). The predicted octanol–water partition coefficient (Wildman–Crippen LogP) is 3.61. The Hall–Kier alpha value is -4.26. The average molecular weight is 575 g/mol. The Morgan fingerprint density at radius 1 is 1.10 bits per heavy atom. The van der Waals surface area contributed by atoms with Crippen LogP contribution in [0.5, 0.6) is 0 Å². The molecule has 0 saturated carbocycles. The first kappa shape index (κ1) is 27.3. The van der Waals surface area contributed by atoms with E-state index in [4.69, 9.17) is 10.5 Å². The molecule has 40 heavy (non-hydrogen) atoms. The van der Waals surface area contributed by atoms with Crippen molar-refractivity contribution in [2.24, 2.45) is 0 Å². The Morgan fingerprint density at radius 2 is 1.82 bits per heavy atom. The molecule has 0 spiro atoms. The van der Waals surface area contributed by atoms with Crippen molar-refractivity contribution in [3.8, 4) is 11.1 Å². The molecule has 0 bridgehead atoms. The highest BCUT2D eigenvalue weighted by molar-refractivity contribution is 8.00. The number of amides is 1. The van der Waals surface area contributed by atoms with E-state index in [1.54, 1.807) is 0 Å². The van der Waals surface area contributed by atoms with Crippen LogP contribution in [0.15, 0.2) is 87.0 Å². The molecule has 3 aromatic heterocycles. The first-order valence-electron chi connectivity index (χ1n) is 12.3. The minimum absolute atomic E-state index is 0.0312. The fraction of sp³-hybridized carbons (Fsp3) is 0.179. The molecule has 12 heteroatoms. The van der Waals surface area contributed by atoms with Gasteiger partial charge in [0.25, 0.3) is 5.56 Å². The maximum Gasteiger partial charge on any atom is 0.330 e. The highest BCUT2D eigenvalue weighted by Crippen LogP contribution is 2.37. The SMILES string of the molecule is COCCN(C(=O)CSc1ncnc2scc(-c3ccccc3)c12)c1c(N)n(Cc2ccccc2)c(=O)[nH]c1=O. The molecule has 2 aromatic carbocycles. The molecule has 3 heterocycles. The number of aromatic nitrogens is 4. The summed E-state index contributed by atoms with van der Waals surface area (Å²) >= 11 is 2.76. The number of nitrogens with one attached hydrogen (secondary N) is 1. The number of hydrogen-bond donors (Lipinski definition) is 2. The van der Waals surface area contributed by atoms with Crippen LogP contribution in [0, 0.1) is 0 Å². The van der Waals surface area contributed by atoms with Crippen LogP contribution in [0.3, 0.4) is 0 Å². The number of H-pyrrole nitrogens is 1. The van der Waals surface area contributed by atoms with Gasteiger partial charge in [0.05, 0.1) is 24.3 Å². The number of carbonyl (C=O) groups excluding carboxylic acids is 1. The molecule has 204 valence electrons. The van der Waals surface area contributed by atoms with Crippen LogP contribution in [-0.4, -0.2) is 51.4 Å². The molecule has 3 N–H and O–H groups in total. The lowest BCUT2D eigenvalue weighted by Gasteiger charge is -2.24. The average Bonchev–Trinajstić information content (AvgIpc) is 3.41. The number of carbonyl (C=O) groups is 1. The Morgan fingerprint density at radius 3 is 2.55 bits per heavy atom. The number of thiophene rings is 1. The zero-order valence-electron chi connectivity index (χ0n) is 21.6. The number of fused-ring (bicyclic) bond motifs is 1. The van der Waals surface area contributed by atoms with E-state index < -0.39 is 11.2 Å². The van der Waals surface area contributed by atoms with E-state index in [9.17, 15) is 14.4 Å². The molecule has 0 radical (unpaired) electrons. The van der Waals surface area contributed by atoms with Gasteiger partial charge in [-0.15, -0.1) is 11.3 Å². The lowest BCUT2D eigenvalue weighted by atomic mass is 10.1. The Bertz CT molecular complexity index is 1750. The number of methoxy groups -OCH3 is 1. The molecule has 0 aliphatic carbocycles. The molecular weight excluding hydrogens is 548 g/mol. The van der Waals surface area contributed by atoms with Gasteiger partial charge in [0, 0.05) is 24.6 Å². The zero-order valence-corrected chi connectivity index (χ0v) is 23.2. The minimum atomic E-state index is -0.741. The van der Waals surface area contributed by atoms with Crippen molar-refractivity contribution in [2.75, 3.05) is 36.6 Å². The third-order valence-electron chi connectivity index (χ3n) is 6.24. The van der Waals surface area contributed by atoms with Gasteiger partial charge in [-0.1, -0.05) is 72.4 Å². The van der Waals surface area contributed by atoms with Crippen molar-refractivity contribution in [2.45, 2.75) is 11.6 Å². The van der Waals surface area contributed by atoms with E-state index in [-0.39, 0.29) is 42.9 Å². The molecule has 0 unspecified atom stereocenters. The van der Waals surface area contributed by atoms with Crippen LogP contribution < -0.4 is 21.9 Å². The normalized spacial score (nSPS) is 11.1. The van der Waals surface area contributed by atoms with Gasteiger partial charge >= 0.3 is 5.69 Å². The van der Waals surface area contributed by atoms with E-state index in [1.807, 2.05) is 66.0 Å². The molecule has 0 fully saturated rings. The third kappa shape index (κ3) is 5.69. The Labute approximate surface area is 237 Å². The minimum Gasteiger partial charge on any atom is -0.383 e. The molecule has 1 amide bonds. The van der Waals surface area contributed by atoms with Gasteiger partial charge in [-0.05, 0) is 11.1 Å². The second-order valence-electron chi connectivity index (χ2n) is 8.77. The van der Waals surface area contributed by atoms with Gasteiger partial charge in [0.2, 0.25) is 5.91 Å². The maximum absolute atomic E-state index is 13.6. The predicted molar refractivity (Wildman–Crippen MR) is 159 cm³/mol. The van der Waals surface area contributed by atoms with Crippen LogP contribution in [0.4, 0.5) is 11.5 Å². The van der Waals surface area contributed by atoms with Crippen LogP contribution in [-0.2, 0) is 16.1 Å². The summed E-state index contributed by atoms with van der Waals surface area (Å²) in [6.07, 6.45) is 1.48. The number of nitrogen functional groups attached to an aromatic ring is 1. The second kappa shape index (κ2) is 12.3. The quantitative estimate of drug-likeness (QED) is 0.191. The van der Waals surface area contributed by atoms with E-state index in [2.05, 4.69) is 15.0 Å². The van der Waals surface area contributed by atoms with Crippen molar-refractivity contribution in [3.63, 3.8) is 0 Å². The largest absolute Gasteiger partial charge is 0.383 e. The fourth-order valence-electron chi connectivity index (χ4n) is 4.30. The molecule has 0 aliphatic heterocycles. The number of aromatic amines is 1. The van der Waals surface area contributed by atoms with Crippen LogP contribution in [0.25, 0.3) is 21.3 Å². The van der Waals surface area contributed by atoms with E-state index in [0.29, 0.717) is 5.03 Å². The summed E-state index contributed by atoms with van der Waals surface area (Å²) in [6.45, 7) is 0.364. The Kier molecular flexibility index (Phi) is 8.39. The summed E-state index contributed by atoms with van der Waals surface area (Å²) in [5, 5.41) is 3.55. The molecule has 5 aromatic rings. The van der Waals surface area contributed by atoms with Crippen LogP contribution in [0.1, 0.15) is 5.56 Å². The summed E-state index contributed by atoms with van der Waals surface area (Å²) in [5.74, 6) is -0.510. The third-order valence-corrected chi connectivity index (χ3v) is 8.10.